The van der Waals surface area contributed by atoms with E-state index in [0.717, 1.165) is 17.7 Å². The third-order valence-electron chi connectivity index (χ3n) is 5.06. The summed E-state index contributed by atoms with van der Waals surface area (Å²) < 4.78 is 13.0. The Kier molecular flexibility index (Phi) is 7.59. The Morgan fingerprint density at radius 3 is 2.61 bits per heavy atom. The fourth-order valence-electron chi connectivity index (χ4n) is 3.45. The largest absolute Gasteiger partial charge is 0.334 e. The van der Waals surface area contributed by atoms with Crippen molar-refractivity contribution in [2.24, 2.45) is 0 Å². The van der Waals surface area contributed by atoms with Crippen molar-refractivity contribution < 1.29 is 18.8 Å². The van der Waals surface area contributed by atoms with E-state index < -0.39 is 12.1 Å². The van der Waals surface area contributed by atoms with Crippen LogP contribution in [-0.2, 0) is 16.1 Å². The summed E-state index contributed by atoms with van der Waals surface area (Å²) in [5.74, 6) is -0.596. The van der Waals surface area contributed by atoms with E-state index in [1.54, 1.807) is 35.2 Å². The molecular formula is C23H27FN4O3. The molecule has 2 aromatic rings. The Balaban J connectivity index is 1.57. The third-order valence-corrected chi connectivity index (χ3v) is 5.06. The molecular weight excluding hydrogens is 399 g/mol. The summed E-state index contributed by atoms with van der Waals surface area (Å²) in [5.41, 5.74) is 2.07. The molecule has 1 fully saturated rings. The lowest BCUT2D eigenvalue weighted by Gasteiger charge is -2.20. The van der Waals surface area contributed by atoms with Crippen LogP contribution in [0, 0.1) is 5.82 Å². The predicted octanol–water partition coefficient (Wildman–Crippen LogP) is 3.56. The van der Waals surface area contributed by atoms with Crippen LogP contribution < -0.4 is 20.9 Å². The molecule has 1 atom stereocenters. The van der Waals surface area contributed by atoms with E-state index in [0.29, 0.717) is 31.5 Å². The molecule has 0 aromatic heterocycles. The molecule has 0 bridgehead atoms. The lowest BCUT2D eigenvalue weighted by Crippen LogP contribution is -2.47. The Morgan fingerprint density at radius 2 is 1.94 bits per heavy atom. The summed E-state index contributed by atoms with van der Waals surface area (Å²) in [4.78, 5) is 38.7. The Hall–Kier alpha value is -3.42. The van der Waals surface area contributed by atoms with Gasteiger partial charge < -0.3 is 20.9 Å². The normalized spacial score (nSPS) is 14.3. The quantitative estimate of drug-likeness (QED) is 0.603. The lowest BCUT2D eigenvalue weighted by atomic mass is 10.1. The van der Waals surface area contributed by atoms with Crippen LogP contribution in [0.2, 0.25) is 0 Å². The number of carbonyl (C=O) groups is 3. The molecule has 31 heavy (non-hydrogen) atoms. The van der Waals surface area contributed by atoms with Gasteiger partial charge in [0, 0.05) is 30.9 Å². The average molecular weight is 426 g/mol. The minimum Gasteiger partial charge on any atom is -0.334 e. The van der Waals surface area contributed by atoms with Gasteiger partial charge in [0.1, 0.15) is 11.9 Å². The maximum absolute atomic E-state index is 13.0. The summed E-state index contributed by atoms with van der Waals surface area (Å²) in [6.45, 7) is 2.82. The lowest BCUT2D eigenvalue weighted by molar-refractivity contribution is -0.118. The molecule has 8 heteroatoms. The van der Waals surface area contributed by atoms with Gasteiger partial charge in [-0.3, -0.25) is 9.59 Å². The number of halogens is 1. The first-order chi connectivity index (χ1) is 15.0. The van der Waals surface area contributed by atoms with Gasteiger partial charge in [0.2, 0.25) is 11.8 Å². The summed E-state index contributed by atoms with van der Waals surface area (Å²) in [6, 6.07) is 11.8. The molecule has 0 saturated carbocycles. The van der Waals surface area contributed by atoms with Gasteiger partial charge >= 0.3 is 6.03 Å². The van der Waals surface area contributed by atoms with Gasteiger partial charge in [0.05, 0.1) is 0 Å². The molecule has 3 N–H and O–H groups in total. The Morgan fingerprint density at radius 1 is 1.16 bits per heavy atom. The van der Waals surface area contributed by atoms with Gasteiger partial charge in [-0.15, -0.1) is 0 Å². The topological polar surface area (TPSA) is 90.5 Å². The van der Waals surface area contributed by atoms with E-state index in [1.807, 2.05) is 13.0 Å². The second-order valence-electron chi connectivity index (χ2n) is 7.48. The molecule has 3 rings (SSSR count). The molecule has 4 amide bonds. The molecule has 2 aromatic carbocycles. The van der Waals surface area contributed by atoms with Crippen molar-refractivity contribution in [1.29, 1.82) is 0 Å². The zero-order valence-electron chi connectivity index (χ0n) is 17.5. The van der Waals surface area contributed by atoms with Crippen molar-refractivity contribution in [3.8, 4) is 0 Å². The number of anilines is 2. The van der Waals surface area contributed by atoms with Crippen LogP contribution in [0.1, 0.15) is 38.2 Å². The van der Waals surface area contributed by atoms with E-state index in [2.05, 4.69) is 16.0 Å². The van der Waals surface area contributed by atoms with Crippen molar-refractivity contribution >= 4 is 29.2 Å². The monoisotopic (exact) mass is 426 g/mol. The van der Waals surface area contributed by atoms with Crippen LogP contribution in [0.5, 0.6) is 0 Å². The first-order valence-electron chi connectivity index (χ1n) is 10.5. The fourth-order valence-corrected chi connectivity index (χ4v) is 3.45. The molecule has 7 nitrogen and oxygen atoms in total. The van der Waals surface area contributed by atoms with Gasteiger partial charge in [-0.1, -0.05) is 31.5 Å². The maximum Gasteiger partial charge on any atom is 0.315 e. The number of hydrogen-bond donors (Lipinski definition) is 3. The van der Waals surface area contributed by atoms with Gasteiger partial charge in [0.25, 0.3) is 0 Å². The molecule has 0 spiro atoms. The van der Waals surface area contributed by atoms with Crippen molar-refractivity contribution in [1.82, 2.24) is 10.6 Å². The highest BCUT2D eigenvalue weighted by Gasteiger charge is 2.23. The highest BCUT2D eigenvalue weighted by molar-refractivity contribution is 5.99. The Labute approximate surface area is 181 Å². The molecule has 1 saturated heterocycles. The van der Waals surface area contributed by atoms with Gasteiger partial charge in [0.15, 0.2) is 0 Å². The van der Waals surface area contributed by atoms with Crippen LogP contribution in [0.25, 0.3) is 0 Å². The first-order valence-corrected chi connectivity index (χ1v) is 10.5. The standard InChI is InChI=1S/C23H27FN4O3/c1-2-5-20(27-23(31)25-15-16-9-11-17(24)12-10-16)22(30)26-18-6-3-7-19(14-18)28-13-4-8-21(28)29/h3,6-7,9-12,14,20H,2,4-5,8,13,15H2,1H3,(H,26,30)(H2,25,27,31). The fraction of sp³-hybridized carbons (Fsp3) is 0.348. The summed E-state index contributed by atoms with van der Waals surface area (Å²) in [5, 5.41) is 8.21. The zero-order valence-corrected chi connectivity index (χ0v) is 17.5. The van der Waals surface area contributed by atoms with Crippen molar-refractivity contribution in [2.45, 2.75) is 45.2 Å². The number of carbonyl (C=O) groups excluding carboxylic acids is 3. The van der Waals surface area contributed by atoms with Crippen LogP contribution in [0.4, 0.5) is 20.6 Å². The van der Waals surface area contributed by atoms with Crippen molar-refractivity contribution in [2.75, 3.05) is 16.8 Å². The van der Waals surface area contributed by atoms with Crippen molar-refractivity contribution in [3.63, 3.8) is 0 Å². The summed E-state index contributed by atoms with van der Waals surface area (Å²) in [6.07, 6.45) is 2.54. The SMILES string of the molecule is CCCC(NC(=O)NCc1ccc(F)cc1)C(=O)Nc1cccc(N2CCCC2=O)c1. The second-order valence-corrected chi connectivity index (χ2v) is 7.48. The number of hydrogen-bond acceptors (Lipinski definition) is 3. The number of nitrogens with one attached hydrogen (secondary N) is 3. The van der Waals surface area contributed by atoms with Crippen molar-refractivity contribution in [3.05, 3.63) is 59.9 Å². The number of nitrogens with zero attached hydrogens (tertiary/aromatic N) is 1. The second kappa shape index (κ2) is 10.6. The highest BCUT2D eigenvalue weighted by Crippen LogP contribution is 2.24. The van der Waals surface area contributed by atoms with E-state index in [4.69, 9.17) is 0 Å². The van der Waals surface area contributed by atoms with E-state index in [-0.39, 0.29) is 24.2 Å². The minimum absolute atomic E-state index is 0.0758. The van der Waals surface area contributed by atoms with Crippen LogP contribution in [-0.4, -0.2) is 30.4 Å². The smallest absolute Gasteiger partial charge is 0.315 e. The maximum atomic E-state index is 13.0. The average Bonchev–Trinajstić information content (AvgIpc) is 3.19. The molecule has 0 aliphatic carbocycles. The van der Waals surface area contributed by atoms with E-state index in [1.165, 1.54) is 12.1 Å². The summed E-state index contributed by atoms with van der Waals surface area (Å²) >= 11 is 0. The third kappa shape index (κ3) is 6.28. The van der Waals surface area contributed by atoms with E-state index >= 15 is 0 Å². The number of rotatable bonds is 8. The molecule has 0 radical (unpaired) electrons. The molecule has 1 unspecified atom stereocenters. The Bertz CT molecular complexity index is 933. The number of benzene rings is 2. The molecule has 1 aliphatic heterocycles. The molecule has 1 aliphatic rings. The first kappa shape index (κ1) is 22.3. The van der Waals surface area contributed by atoms with Crippen LogP contribution in [0.15, 0.2) is 48.5 Å². The summed E-state index contributed by atoms with van der Waals surface area (Å²) in [7, 11) is 0. The highest BCUT2D eigenvalue weighted by atomic mass is 19.1. The van der Waals surface area contributed by atoms with Gasteiger partial charge in [-0.25, -0.2) is 9.18 Å². The number of urea groups is 1. The van der Waals surface area contributed by atoms with Gasteiger partial charge in [-0.05, 0) is 48.7 Å². The van der Waals surface area contributed by atoms with Crippen LogP contribution >= 0.6 is 0 Å². The van der Waals surface area contributed by atoms with Crippen LogP contribution in [0.3, 0.4) is 0 Å². The molecule has 164 valence electrons. The molecule has 1 heterocycles. The number of amides is 4. The van der Waals surface area contributed by atoms with E-state index in [9.17, 15) is 18.8 Å². The zero-order chi connectivity index (χ0) is 22.2. The van der Waals surface area contributed by atoms with Gasteiger partial charge in [-0.2, -0.15) is 0 Å². The minimum atomic E-state index is -0.713. The predicted molar refractivity (Wildman–Crippen MR) is 117 cm³/mol.